The molecule has 5 nitrogen and oxygen atoms in total. The van der Waals surface area contributed by atoms with Crippen LogP contribution in [0.15, 0.2) is 6.20 Å². The van der Waals surface area contributed by atoms with Crippen LogP contribution < -0.4 is 0 Å². The minimum absolute atomic E-state index is 0.0911. The second-order valence-corrected chi connectivity index (χ2v) is 4.97. The molecule has 9 heteroatoms. The minimum atomic E-state index is -4.97. The van der Waals surface area contributed by atoms with E-state index in [1.54, 1.807) is 11.6 Å². The molecule has 1 aromatic rings. The summed E-state index contributed by atoms with van der Waals surface area (Å²) in [5.41, 5.74) is 0. The number of carbonyl (C=O) groups is 1. The standard InChI is InChI=1S/C11H13ClF3N3O2/c1-17-8(12)6-16-9(17)7-2-4-18(5-3-7)20-10(19)11(13,14)15/h6-7H,2-5H2,1H3. The van der Waals surface area contributed by atoms with Crippen molar-refractivity contribution in [3.8, 4) is 0 Å². The highest BCUT2D eigenvalue weighted by molar-refractivity contribution is 6.29. The van der Waals surface area contributed by atoms with Gasteiger partial charge in [-0.05, 0) is 12.8 Å². The van der Waals surface area contributed by atoms with Crippen molar-refractivity contribution in [1.82, 2.24) is 14.6 Å². The Balaban J connectivity index is 1.90. The third kappa shape index (κ3) is 3.24. The van der Waals surface area contributed by atoms with Gasteiger partial charge in [0.1, 0.15) is 11.0 Å². The molecule has 1 aliphatic rings. The fourth-order valence-corrected chi connectivity index (χ4v) is 2.29. The van der Waals surface area contributed by atoms with E-state index in [-0.39, 0.29) is 19.0 Å². The van der Waals surface area contributed by atoms with E-state index in [4.69, 9.17) is 11.6 Å². The highest BCUT2D eigenvalue weighted by Crippen LogP contribution is 2.29. The molecule has 0 amide bonds. The number of aromatic nitrogens is 2. The van der Waals surface area contributed by atoms with E-state index in [1.807, 2.05) is 0 Å². The molecular weight excluding hydrogens is 299 g/mol. The zero-order valence-electron chi connectivity index (χ0n) is 10.7. The number of nitrogens with zero attached hydrogens (tertiary/aromatic N) is 3. The lowest BCUT2D eigenvalue weighted by Gasteiger charge is -2.30. The summed E-state index contributed by atoms with van der Waals surface area (Å²) in [5, 5.41) is 1.54. The number of hydroxylamine groups is 2. The number of hydrogen-bond donors (Lipinski definition) is 0. The predicted octanol–water partition coefficient (Wildman–Crippen LogP) is 2.27. The van der Waals surface area contributed by atoms with E-state index in [1.165, 1.54) is 6.20 Å². The van der Waals surface area contributed by atoms with Gasteiger partial charge in [-0.1, -0.05) is 11.6 Å². The molecule has 0 saturated carbocycles. The van der Waals surface area contributed by atoms with E-state index >= 15 is 0 Å². The number of imidazole rings is 1. The molecule has 0 N–H and O–H groups in total. The quantitative estimate of drug-likeness (QED) is 0.840. The van der Waals surface area contributed by atoms with Gasteiger partial charge in [-0.15, -0.1) is 5.06 Å². The summed E-state index contributed by atoms with van der Waals surface area (Å²) in [6.07, 6.45) is -2.34. The van der Waals surface area contributed by atoms with Crippen LogP contribution in [-0.4, -0.2) is 39.8 Å². The zero-order valence-corrected chi connectivity index (χ0v) is 11.4. The first kappa shape index (κ1) is 15.1. The number of rotatable bonds is 2. The van der Waals surface area contributed by atoms with Gasteiger partial charge in [0.15, 0.2) is 0 Å². The van der Waals surface area contributed by atoms with Crippen molar-refractivity contribution in [2.45, 2.75) is 24.9 Å². The Labute approximate surface area is 118 Å². The fraction of sp³-hybridized carbons (Fsp3) is 0.636. The first-order valence-electron chi connectivity index (χ1n) is 6.00. The van der Waals surface area contributed by atoms with Crippen molar-refractivity contribution in [1.29, 1.82) is 0 Å². The molecule has 1 saturated heterocycles. The first-order chi connectivity index (χ1) is 9.29. The minimum Gasteiger partial charge on any atom is -0.361 e. The molecule has 0 spiro atoms. The highest BCUT2D eigenvalue weighted by atomic mass is 35.5. The van der Waals surface area contributed by atoms with Crippen LogP contribution in [0.25, 0.3) is 0 Å². The average molecular weight is 312 g/mol. The van der Waals surface area contributed by atoms with Gasteiger partial charge in [0.25, 0.3) is 0 Å². The Morgan fingerprint density at radius 2 is 2.05 bits per heavy atom. The number of carbonyl (C=O) groups excluding carboxylic acids is 1. The third-order valence-corrected chi connectivity index (χ3v) is 3.58. The van der Waals surface area contributed by atoms with Gasteiger partial charge in [0.05, 0.1) is 6.20 Å². The Bertz CT molecular complexity index is 496. The van der Waals surface area contributed by atoms with Crippen LogP contribution >= 0.6 is 11.6 Å². The van der Waals surface area contributed by atoms with Gasteiger partial charge in [-0.25, -0.2) is 9.78 Å². The third-order valence-electron chi connectivity index (χ3n) is 3.23. The molecule has 20 heavy (non-hydrogen) atoms. The zero-order chi connectivity index (χ0) is 14.9. The Morgan fingerprint density at radius 3 is 2.50 bits per heavy atom. The predicted molar refractivity (Wildman–Crippen MR) is 63.9 cm³/mol. The molecule has 0 bridgehead atoms. The van der Waals surface area contributed by atoms with E-state index in [0.29, 0.717) is 18.0 Å². The molecule has 0 aromatic carbocycles. The van der Waals surface area contributed by atoms with Crippen molar-refractivity contribution < 1.29 is 22.8 Å². The van der Waals surface area contributed by atoms with Crippen LogP contribution in [0.3, 0.4) is 0 Å². The molecule has 0 radical (unpaired) electrons. The van der Waals surface area contributed by atoms with Crippen molar-refractivity contribution in [2.75, 3.05) is 13.1 Å². The number of hydrogen-bond acceptors (Lipinski definition) is 4. The number of alkyl halides is 3. The normalized spacial score (nSPS) is 18.2. The fourth-order valence-electron chi connectivity index (χ4n) is 2.16. The van der Waals surface area contributed by atoms with Gasteiger partial charge in [0, 0.05) is 26.1 Å². The van der Waals surface area contributed by atoms with E-state index < -0.39 is 12.1 Å². The van der Waals surface area contributed by atoms with Gasteiger partial charge in [0.2, 0.25) is 0 Å². The van der Waals surface area contributed by atoms with Crippen LogP contribution in [0, 0.1) is 0 Å². The molecular formula is C11H13ClF3N3O2. The van der Waals surface area contributed by atoms with Crippen molar-refractivity contribution >= 4 is 17.6 Å². The monoisotopic (exact) mass is 311 g/mol. The Morgan fingerprint density at radius 1 is 1.45 bits per heavy atom. The van der Waals surface area contributed by atoms with Gasteiger partial charge in [-0.2, -0.15) is 13.2 Å². The van der Waals surface area contributed by atoms with Crippen molar-refractivity contribution in [2.24, 2.45) is 7.05 Å². The Kier molecular flexibility index (Phi) is 4.24. The summed E-state index contributed by atoms with van der Waals surface area (Å²) in [6.45, 7) is 0.466. The summed E-state index contributed by atoms with van der Waals surface area (Å²) >= 11 is 5.89. The summed E-state index contributed by atoms with van der Waals surface area (Å²) in [7, 11) is 1.78. The van der Waals surface area contributed by atoms with Crippen LogP contribution in [0.2, 0.25) is 5.15 Å². The lowest BCUT2D eigenvalue weighted by atomic mass is 9.97. The molecule has 2 rings (SSSR count). The molecule has 1 aromatic heterocycles. The van der Waals surface area contributed by atoms with Gasteiger partial charge < -0.3 is 9.40 Å². The second kappa shape index (κ2) is 5.61. The maximum absolute atomic E-state index is 12.1. The van der Waals surface area contributed by atoms with Crippen LogP contribution in [0.1, 0.15) is 24.6 Å². The summed E-state index contributed by atoms with van der Waals surface area (Å²) in [5.74, 6) is -1.30. The topological polar surface area (TPSA) is 47.4 Å². The SMILES string of the molecule is Cn1c(Cl)cnc1C1CCN(OC(=O)C(F)(F)F)CC1. The number of piperidine rings is 1. The molecule has 1 fully saturated rings. The lowest BCUT2D eigenvalue weighted by molar-refractivity contribution is -0.241. The summed E-state index contributed by atoms with van der Waals surface area (Å²) in [6, 6.07) is 0. The molecule has 0 unspecified atom stereocenters. The van der Waals surface area contributed by atoms with E-state index in [2.05, 4.69) is 9.82 Å². The number of halogens is 4. The Hall–Kier alpha value is -1.28. The van der Waals surface area contributed by atoms with Crippen molar-refractivity contribution in [3.05, 3.63) is 17.2 Å². The largest absolute Gasteiger partial charge is 0.492 e. The molecule has 1 aliphatic heterocycles. The van der Waals surface area contributed by atoms with Crippen LogP contribution in [0.5, 0.6) is 0 Å². The highest BCUT2D eigenvalue weighted by Gasteiger charge is 2.43. The van der Waals surface area contributed by atoms with Crippen LogP contribution in [0.4, 0.5) is 13.2 Å². The maximum Gasteiger partial charge on any atom is 0.492 e. The molecule has 112 valence electrons. The molecule has 0 atom stereocenters. The second-order valence-electron chi connectivity index (χ2n) is 4.58. The molecule has 0 aliphatic carbocycles. The maximum atomic E-state index is 12.1. The van der Waals surface area contributed by atoms with Crippen LogP contribution in [-0.2, 0) is 16.7 Å². The first-order valence-corrected chi connectivity index (χ1v) is 6.38. The lowest BCUT2D eigenvalue weighted by Crippen LogP contribution is -2.39. The summed E-state index contributed by atoms with van der Waals surface area (Å²) in [4.78, 5) is 19.2. The van der Waals surface area contributed by atoms with Gasteiger partial charge >= 0.3 is 12.1 Å². The smallest absolute Gasteiger partial charge is 0.361 e. The average Bonchev–Trinajstić information content (AvgIpc) is 2.70. The summed E-state index contributed by atoms with van der Waals surface area (Å²) < 4.78 is 38.0. The van der Waals surface area contributed by atoms with Crippen molar-refractivity contribution in [3.63, 3.8) is 0 Å². The van der Waals surface area contributed by atoms with Gasteiger partial charge in [-0.3, -0.25) is 0 Å². The van der Waals surface area contributed by atoms with E-state index in [0.717, 1.165) is 10.9 Å². The van der Waals surface area contributed by atoms with E-state index in [9.17, 15) is 18.0 Å². The molecule has 2 heterocycles.